The van der Waals surface area contributed by atoms with E-state index >= 15 is 0 Å². The van der Waals surface area contributed by atoms with Gasteiger partial charge in [0, 0.05) is 11.8 Å². The molecule has 0 aromatic heterocycles. The van der Waals surface area contributed by atoms with Gasteiger partial charge in [0.2, 0.25) is 0 Å². The van der Waals surface area contributed by atoms with Gasteiger partial charge >= 0.3 is 0 Å². The topological polar surface area (TPSA) is 69.2 Å². The Labute approximate surface area is 154 Å². The van der Waals surface area contributed by atoms with E-state index < -0.39 is 10.1 Å². The van der Waals surface area contributed by atoms with Crippen molar-refractivity contribution in [2.75, 3.05) is 38.5 Å². The summed E-state index contributed by atoms with van der Waals surface area (Å²) in [5, 5.41) is 3.17. The summed E-state index contributed by atoms with van der Waals surface area (Å²) >= 11 is 0. The molecule has 1 aromatic rings. The molecule has 25 heavy (non-hydrogen) atoms. The highest BCUT2D eigenvalue weighted by atomic mass is 32.2. The van der Waals surface area contributed by atoms with Gasteiger partial charge in [0.05, 0.1) is 36.3 Å². The number of hydrogen-bond donors (Lipinski definition) is 1. The lowest BCUT2D eigenvalue weighted by Crippen LogP contribution is -2.47. The molecule has 0 aliphatic rings. The first-order valence-corrected chi connectivity index (χ1v) is 10.9. The van der Waals surface area contributed by atoms with Crippen molar-refractivity contribution >= 4 is 10.1 Å². The summed E-state index contributed by atoms with van der Waals surface area (Å²) in [5.74, 6) is -0.304. The van der Waals surface area contributed by atoms with Crippen LogP contribution in [0.1, 0.15) is 52.6 Å². The van der Waals surface area contributed by atoms with Crippen LogP contribution in [0.3, 0.4) is 0 Å². The van der Waals surface area contributed by atoms with E-state index in [4.69, 9.17) is 0 Å². The van der Waals surface area contributed by atoms with Gasteiger partial charge in [0.15, 0.2) is 0 Å². The van der Waals surface area contributed by atoms with Crippen molar-refractivity contribution < 1.29 is 17.5 Å². The number of benzene rings is 1. The molecule has 146 valence electrons. The first kappa shape index (κ1) is 24.1. The smallest absolute Gasteiger partial charge is 0.0946 e. The molecular weight excluding hydrogens is 336 g/mol. The molecule has 0 amide bonds. The quantitative estimate of drug-likeness (QED) is 0.389. The second kappa shape index (κ2) is 12.4. The molecule has 0 saturated carbocycles. The molecule has 1 atom stereocenters. The molecule has 0 saturated heterocycles. The summed E-state index contributed by atoms with van der Waals surface area (Å²) in [6, 6.07) is 10.0. The highest BCUT2D eigenvalue weighted by Gasteiger charge is 2.16. The van der Waals surface area contributed by atoms with Crippen molar-refractivity contribution in [3.8, 4) is 0 Å². The fraction of sp³-hybridized carbons (Fsp3) is 0.684. The van der Waals surface area contributed by atoms with Crippen LogP contribution in [0.5, 0.6) is 0 Å². The van der Waals surface area contributed by atoms with E-state index in [0.717, 1.165) is 5.56 Å². The van der Waals surface area contributed by atoms with Crippen molar-refractivity contribution in [3.63, 3.8) is 0 Å². The SMILES string of the molecule is CC[N+](CC)(CC)CC.C[C@@H](NCCCS(=O)(=O)[O-])c1ccccc1. The van der Waals surface area contributed by atoms with Crippen LogP contribution < -0.4 is 5.32 Å². The molecule has 0 fully saturated rings. The van der Waals surface area contributed by atoms with Gasteiger partial charge in [0.25, 0.3) is 0 Å². The van der Waals surface area contributed by atoms with Crippen LogP contribution in [0.2, 0.25) is 0 Å². The van der Waals surface area contributed by atoms with Gasteiger partial charge in [-0.2, -0.15) is 0 Å². The monoisotopic (exact) mass is 372 g/mol. The molecule has 0 heterocycles. The van der Waals surface area contributed by atoms with Gasteiger partial charge in [0.1, 0.15) is 0 Å². The molecule has 1 aromatic carbocycles. The third-order valence-corrected chi connectivity index (χ3v) is 5.79. The second-order valence-corrected chi connectivity index (χ2v) is 7.83. The molecule has 0 bridgehead atoms. The number of nitrogens with zero attached hydrogens (tertiary/aromatic N) is 1. The van der Waals surface area contributed by atoms with Gasteiger partial charge in [-0.1, -0.05) is 30.3 Å². The average Bonchev–Trinajstić information content (AvgIpc) is 2.61. The minimum atomic E-state index is -4.08. The van der Waals surface area contributed by atoms with E-state index in [2.05, 4.69) is 33.0 Å². The lowest BCUT2D eigenvalue weighted by atomic mass is 10.1. The predicted molar refractivity (Wildman–Crippen MR) is 104 cm³/mol. The van der Waals surface area contributed by atoms with Crippen molar-refractivity contribution in [2.24, 2.45) is 0 Å². The van der Waals surface area contributed by atoms with Crippen LogP contribution in [0.25, 0.3) is 0 Å². The van der Waals surface area contributed by atoms with E-state index in [1.165, 1.54) is 30.7 Å². The Morgan fingerprint density at radius 3 is 1.84 bits per heavy atom. The van der Waals surface area contributed by atoms with E-state index in [9.17, 15) is 13.0 Å². The minimum Gasteiger partial charge on any atom is -0.748 e. The number of hydrogen-bond acceptors (Lipinski definition) is 4. The van der Waals surface area contributed by atoms with Gasteiger partial charge in [-0.15, -0.1) is 0 Å². The fourth-order valence-electron chi connectivity index (χ4n) is 2.77. The standard InChI is InChI=1S/C11H17NO3S.C8H20N/c1-10(11-6-3-2-4-7-11)12-8-5-9-16(13,14)15;1-5-9(6-2,7-3)8-4/h2-4,6-7,10,12H,5,8-9H2,1H3,(H,13,14,15);5-8H2,1-4H3/q;+1/p-1/t10-;/m1./s1. The lowest BCUT2D eigenvalue weighted by Gasteiger charge is -2.34. The molecule has 5 nitrogen and oxygen atoms in total. The minimum absolute atomic E-state index is 0.163. The van der Waals surface area contributed by atoms with Crippen molar-refractivity contribution in [1.82, 2.24) is 5.32 Å². The Kier molecular flexibility index (Phi) is 11.9. The van der Waals surface area contributed by atoms with Crippen LogP contribution in [0, 0.1) is 0 Å². The Bertz CT molecular complexity index is 526. The molecular formula is C19H36N2O3S. The first-order chi connectivity index (χ1) is 11.7. The molecule has 0 unspecified atom stereocenters. The van der Waals surface area contributed by atoms with E-state index in [0.29, 0.717) is 13.0 Å². The molecule has 0 aliphatic heterocycles. The highest BCUT2D eigenvalue weighted by Crippen LogP contribution is 2.10. The number of rotatable bonds is 10. The van der Waals surface area contributed by atoms with Gasteiger partial charge in [-0.3, -0.25) is 0 Å². The molecule has 0 aliphatic carbocycles. The normalized spacial score (nSPS) is 13.0. The maximum absolute atomic E-state index is 10.4. The zero-order valence-corrected chi connectivity index (χ0v) is 17.3. The third kappa shape index (κ3) is 10.6. The third-order valence-electron chi connectivity index (χ3n) is 5.00. The summed E-state index contributed by atoms with van der Waals surface area (Å²) in [4.78, 5) is 0. The highest BCUT2D eigenvalue weighted by molar-refractivity contribution is 7.85. The van der Waals surface area contributed by atoms with E-state index in [1.54, 1.807) is 0 Å². The van der Waals surface area contributed by atoms with E-state index in [-0.39, 0.29) is 11.8 Å². The van der Waals surface area contributed by atoms with Crippen LogP contribution >= 0.6 is 0 Å². The maximum Gasteiger partial charge on any atom is 0.0946 e. The molecule has 6 heteroatoms. The summed E-state index contributed by atoms with van der Waals surface area (Å²) in [7, 11) is -4.08. The van der Waals surface area contributed by atoms with Crippen LogP contribution in [-0.4, -0.2) is 55.9 Å². The van der Waals surface area contributed by atoms with E-state index in [1.807, 2.05) is 37.3 Å². The zero-order chi connectivity index (χ0) is 19.3. The Hall–Kier alpha value is -0.950. The summed E-state index contributed by atoms with van der Waals surface area (Å²) < 4.78 is 32.4. The van der Waals surface area contributed by atoms with Gasteiger partial charge in [-0.25, -0.2) is 8.42 Å². The summed E-state index contributed by atoms with van der Waals surface area (Å²) in [6.07, 6.45) is 0.350. The molecule has 1 N–H and O–H groups in total. The van der Waals surface area contributed by atoms with Crippen LogP contribution in [0.4, 0.5) is 0 Å². The molecule has 0 radical (unpaired) electrons. The van der Waals surface area contributed by atoms with Crippen LogP contribution in [0.15, 0.2) is 30.3 Å². The summed E-state index contributed by atoms with van der Waals surface area (Å²) in [6.45, 7) is 16.7. The molecule has 1 rings (SSSR count). The maximum atomic E-state index is 10.4. The van der Waals surface area contributed by atoms with Crippen molar-refractivity contribution in [2.45, 2.75) is 47.1 Å². The number of quaternary nitrogens is 1. The van der Waals surface area contributed by atoms with Gasteiger partial charge < -0.3 is 14.4 Å². The number of nitrogens with one attached hydrogen (secondary N) is 1. The van der Waals surface area contributed by atoms with Crippen molar-refractivity contribution in [1.29, 1.82) is 0 Å². The Morgan fingerprint density at radius 1 is 1.00 bits per heavy atom. The summed E-state index contributed by atoms with van der Waals surface area (Å²) in [5.41, 5.74) is 1.15. The van der Waals surface area contributed by atoms with Gasteiger partial charge in [-0.05, 0) is 53.1 Å². The zero-order valence-electron chi connectivity index (χ0n) is 16.5. The Balaban J connectivity index is 0.000000547. The Morgan fingerprint density at radius 2 is 1.48 bits per heavy atom. The van der Waals surface area contributed by atoms with Crippen molar-refractivity contribution in [3.05, 3.63) is 35.9 Å². The largest absolute Gasteiger partial charge is 0.748 e. The van der Waals surface area contributed by atoms with Crippen LogP contribution in [-0.2, 0) is 10.1 Å². The lowest BCUT2D eigenvalue weighted by molar-refractivity contribution is -0.921. The average molecular weight is 373 g/mol. The first-order valence-electron chi connectivity index (χ1n) is 9.30. The second-order valence-electron chi connectivity index (χ2n) is 6.31. The fourth-order valence-corrected chi connectivity index (χ4v) is 3.27. The molecule has 0 spiro atoms. The predicted octanol–water partition coefficient (Wildman–Crippen LogP) is 3.16.